The fourth-order valence-electron chi connectivity index (χ4n) is 8.23. The summed E-state index contributed by atoms with van der Waals surface area (Å²) in [7, 11) is -6.72. The van der Waals surface area contributed by atoms with Gasteiger partial charge in [0.25, 0.3) is 5.91 Å². The van der Waals surface area contributed by atoms with Crippen LogP contribution in [0, 0.1) is 17.8 Å². The van der Waals surface area contributed by atoms with Gasteiger partial charge in [-0.3, -0.25) is 14.5 Å². The van der Waals surface area contributed by atoms with E-state index in [0.29, 0.717) is 38.4 Å². The first-order chi connectivity index (χ1) is 26.1. The lowest BCUT2D eigenvalue weighted by Gasteiger charge is -2.44. The molecule has 3 heterocycles. The number of rotatable bonds is 3. The van der Waals surface area contributed by atoms with Gasteiger partial charge in [-0.15, -0.1) is 0 Å². The Balaban J connectivity index is 0.000000352. The Bertz CT molecular complexity index is 1940. The molecule has 0 aromatic heterocycles. The number of hydrogen-bond donors (Lipinski definition) is 2. The number of benzene rings is 2. The molecule has 2 aliphatic carbocycles. The second-order valence-electron chi connectivity index (χ2n) is 15.7. The standard InChI is InChI=1S/C32H37ClN2O5S.C7H16N2O2S.CH3I/c1-20-5-3-7-29(36)26-11-8-24(26)17-35-18-32(14-4-6-22-15-25(33)10-12-27(22)32)19-40-30-13-9-23(16-28(30)35)31(37)34-41(38,39)21(20)2;1-12(10,11)7-6-9-4-2-8-3-5-9;1-2/h3,7,9-10,12-13,15-16,20-21,24,26H,4-6,8,11,14,17-19H2,1-2H3,(H,34,37);8H,2-7H2,1H3;1H3/b7-3+;;/t20-,21+,24-,26+,32-;;/m0../s1. The third-order valence-electron chi connectivity index (χ3n) is 11.8. The summed E-state index contributed by atoms with van der Waals surface area (Å²) in [5.41, 5.74) is 3.22. The monoisotopic (exact) mass is 930 g/mol. The van der Waals surface area contributed by atoms with Gasteiger partial charge in [0.1, 0.15) is 15.6 Å². The van der Waals surface area contributed by atoms with Crippen LogP contribution < -0.4 is 19.7 Å². The molecule has 0 unspecified atom stereocenters. The lowest BCUT2D eigenvalue weighted by atomic mass is 9.68. The minimum absolute atomic E-state index is 0.0666. The quantitative estimate of drug-likeness (QED) is 0.302. The molecule has 3 aliphatic heterocycles. The summed E-state index contributed by atoms with van der Waals surface area (Å²) >= 11 is 8.52. The number of fused-ring (bicyclic) bond motifs is 4. The Morgan fingerprint density at radius 1 is 1.05 bits per heavy atom. The lowest BCUT2D eigenvalue weighted by Crippen LogP contribution is -2.49. The van der Waals surface area contributed by atoms with Crippen molar-refractivity contribution in [2.75, 3.05) is 74.3 Å². The van der Waals surface area contributed by atoms with Crippen molar-refractivity contribution in [2.24, 2.45) is 17.8 Å². The van der Waals surface area contributed by atoms with E-state index in [4.69, 9.17) is 16.3 Å². The normalized spacial score (nSPS) is 28.6. The van der Waals surface area contributed by atoms with Gasteiger partial charge in [-0.05, 0) is 110 Å². The average molecular weight is 931 g/mol. The summed E-state index contributed by atoms with van der Waals surface area (Å²) < 4.78 is 56.7. The van der Waals surface area contributed by atoms with E-state index in [0.717, 1.165) is 69.0 Å². The number of sulfonamides is 1. The molecule has 7 rings (SSSR count). The van der Waals surface area contributed by atoms with E-state index >= 15 is 0 Å². The highest BCUT2D eigenvalue weighted by Crippen LogP contribution is 2.46. The Kier molecular flexibility index (Phi) is 15.2. The molecule has 11 nitrogen and oxygen atoms in total. The summed E-state index contributed by atoms with van der Waals surface area (Å²) in [5.74, 6) is 0.253. The van der Waals surface area contributed by atoms with Crippen LogP contribution in [0.1, 0.15) is 67.4 Å². The molecule has 55 heavy (non-hydrogen) atoms. The van der Waals surface area contributed by atoms with Crippen LogP contribution in [0.5, 0.6) is 5.75 Å². The van der Waals surface area contributed by atoms with Crippen LogP contribution in [0.25, 0.3) is 0 Å². The van der Waals surface area contributed by atoms with E-state index in [1.165, 1.54) is 17.4 Å². The van der Waals surface area contributed by atoms with E-state index in [9.17, 15) is 26.4 Å². The third kappa shape index (κ3) is 11.0. The van der Waals surface area contributed by atoms with Crippen molar-refractivity contribution in [3.8, 4) is 5.75 Å². The number of carbonyl (C=O) groups excluding carboxylic acids is 2. The number of alkyl halides is 1. The smallest absolute Gasteiger partial charge is 0.264 e. The zero-order valence-electron chi connectivity index (χ0n) is 32.4. The molecule has 1 amide bonds. The van der Waals surface area contributed by atoms with Crippen molar-refractivity contribution < 1.29 is 31.2 Å². The first kappa shape index (κ1) is 43.9. The molecule has 1 saturated carbocycles. The number of anilines is 1. The Morgan fingerprint density at radius 2 is 1.80 bits per heavy atom. The molecule has 304 valence electrons. The number of nitrogens with one attached hydrogen (secondary N) is 2. The van der Waals surface area contributed by atoms with Crippen LogP contribution in [0.4, 0.5) is 5.69 Å². The number of nitrogens with zero attached hydrogens (tertiary/aromatic N) is 2. The lowest BCUT2D eigenvalue weighted by molar-refractivity contribution is -0.122. The van der Waals surface area contributed by atoms with E-state index in [-0.39, 0.29) is 40.3 Å². The molecule has 5 aliphatic rings. The van der Waals surface area contributed by atoms with E-state index in [1.54, 1.807) is 37.3 Å². The fraction of sp³-hybridized carbons (Fsp3) is 0.600. The second kappa shape index (κ2) is 19.0. The zero-order valence-corrected chi connectivity index (χ0v) is 36.9. The Hall–Kier alpha value is -2.24. The largest absolute Gasteiger partial charge is 0.490 e. The van der Waals surface area contributed by atoms with E-state index < -0.39 is 31.0 Å². The SMILES string of the molecule is CI.CS(=O)(=O)CCN1CCNCC1.C[C@@H]1[C@@H](C)C/C=C/C(=O)[C@@H]2CC[C@H]2CN2C[C@@]3(CCCc4cc(Cl)ccc43)COc3ccc(cc32)C(=O)NS1(=O)=O. The van der Waals surface area contributed by atoms with Crippen LogP contribution in [0.3, 0.4) is 0 Å². The summed E-state index contributed by atoms with van der Waals surface area (Å²) in [4.78, 5) is 32.9. The molecule has 2 aromatic carbocycles. The number of carbonyl (C=O) groups is 2. The summed E-state index contributed by atoms with van der Waals surface area (Å²) in [6.45, 7) is 9.79. The van der Waals surface area contributed by atoms with Crippen molar-refractivity contribution in [2.45, 2.75) is 63.0 Å². The number of amides is 1. The molecule has 15 heteroatoms. The number of ether oxygens (including phenoxy) is 1. The first-order valence-electron chi connectivity index (χ1n) is 19.2. The number of aryl methyl sites for hydroxylation is 1. The molecular weight excluding hydrogens is 875 g/mol. The van der Waals surface area contributed by atoms with Crippen LogP contribution in [0.15, 0.2) is 48.6 Å². The molecule has 2 aromatic rings. The van der Waals surface area contributed by atoms with Crippen LogP contribution in [-0.4, -0.2) is 108 Å². The highest BCUT2D eigenvalue weighted by molar-refractivity contribution is 14.1. The highest BCUT2D eigenvalue weighted by Gasteiger charge is 2.44. The summed E-state index contributed by atoms with van der Waals surface area (Å²) in [5, 5.41) is 3.14. The van der Waals surface area contributed by atoms with Crippen LogP contribution in [-0.2, 0) is 36.5 Å². The highest BCUT2D eigenvalue weighted by atomic mass is 127. The Labute approximate surface area is 346 Å². The fourth-order valence-corrected chi connectivity index (χ4v) is 10.3. The number of ketones is 1. The predicted molar refractivity (Wildman–Crippen MR) is 229 cm³/mol. The van der Waals surface area contributed by atoms with Gasteiger partial charge in [0, 0.05) is 74.0 Å². The number of halogens is 2. The van der Waals surface area contributed by atoms with Gasteiger partial charge in [-0.1, -0.05) is 53.3 Å². The molecule has 1 saturated heterocycles. The summed E-state index contributed by atoms with van der Waals surface area (Å²) in [6, 6.07) is 11.3. The Morgan fingerprint density at radius 3 is 2.49 bits per heavy atom. The molecule has 5 atom stereocenters. The van der Waals surface area contributed by atoms with Crippen molar-refractivity contribution in [1.29, 1.82) is 0 Å². The molecular formula is C40H56ClIN4O7S2. The minimum Gasteiger partial charge on any atom is -0.490 e. The van der Waals surface area contributed by atoms with Crippen molar-refractivity contribution in [1.82, 2.24) is 14.9 Å². The van der Waals surface area contributed by atoms with E-state index in [1.807, 2.05) is 17.9 Å². The predicted octanol–water partition coefficient (Wildman–Crippen LogP) is 5.44. The van der Waals surface area contributed by atoms with Gasteiger partial charge in [-0.2, -0.15) is 0 Å². The number of hydrogen-bond acceptors (Lipinski definition) is 10. The van der Waals surface area contributed by atoms with Gasteiger partial charge < -0.3 is 15.0 Å². The van der Waals surface area contributed by atoms with Crippen LogP contribution >= 0.6 is 34.2 Å². The minimum atomic E-state index is -3.93. The summed E-state index contributed by atoms with van der Waals surface area (Å²) in [6.07, 6.45) is 9.89. The molecule has 2 bridgehead atoms. The van der Waals surface area contributed by atoms with E-state index in [2.05, 4.69) is 54.6 Å². The van der Waals surface area contributed by atoms with Crippen molar-refractivity contribution >= 4 is 71.4 Å². The second-order valence-corrected chi connectivity index (χ2v) is 20.4. The van der Waals surface area contributed by atoms with Gasteiger partial charge in [0.05, 0.1) is 23.3 Å². The molecule has 0 radical (unpaired) electrons. The third-order valence-corrected chi connectivity index (χ3v) is 14.9. The van der Waals surface area contributed by atoms with Crippen LogP contribution in [0.2, 0.25) is 5.02 Å². The maximum absolute atomic E-state index is 13.3. The van der Waals surface area contributed by atoms with Gasteiger partial charge in [-0.25, -0.2) is 21.6 Å². The molecule has 2 N–H and O–H groups in total. The van der Waals surface area contributed by atoms with Gasteiger partial charge in [0.2, 0.25) is 10.0 Å². The van der Waals surface area contributed by atoms with Crippen molar-refractivity contribution in [3.05, 3.63) is 70.3 Å². The maximum atomic E-state index is 13.3. The average Bonchev–Trinajstić information content (AvgIpc) is 3.29. The zero-order chi connectivity index (χ0) is 40.0. The van der Waals surface area contributed by atoms with Crippen molar-refractivity contribution in [3.63, 3.8) is 0 Å². The number of sulfone groups is 1. The molecule has 2 fully saturated rings. The number of piperazine rings is 1. The maximum Gasteiger partial charge on any atom is 0.264 e. The van der Waals surface area contributed by atoms with Gasteiger partial charge in [0.15, 0.2) is 5.78 Å². The van der Waals surface area contributed by atoms with Gasteiger partial charge >= 0.3 is 0 Å². The first-order valence-corrected chi connectivity index (χ1v) is 25.3. The topological polar surface area (TPSA) is 142 Å². The number of allylic oxidation sites excluding steroid dienone is 2. The molecule has 1 spiro atoms.